The van der Waals surface area contributed by atoms with E-state index in [9.17, 15) is 13.6 Å². The van der Waals surface area contributed by atoms with Crippen molar-refractivity contribution in [2.24, 2.45) is 0 Å². The Morgan fingerprint density at radius 1 is 0.718 bits per heavy atom. The molecule has 5 rings (SSSR count). The largest absolute Gasteiger partial charge is 0.497 e. The number of halogens is 2. The van der Waals surface area contributed by atoms with Crippen molar-refractivity contribution in [2.75, 3.05) is 60.0 Å². The van der Waals surface area contributed by atoms with Gasteiger partial charge in [-0.1, -0.05) is 24.3 Å². The number of nitrogens with zero attached hydrogens (tertiary/aromatic N) is 3. The Morgan fingerprint density at radius 2 is 1.23 bits per heavy atom. The van der Waals surface area contributed by atoms with E-state index in [4.69, 9.17) is 9.47 Å². The topological polar surface area (TPSA) is 45.2 Å². The predicted octanol–water partition coefficient (Wildman–Crippen LogP) is 4.32. The van der Waals surface area contributed by atoms with Crippen molar-refractivity contribution in [1.82, 2.24) is 14.7 Å². The second-order valence-corrected chi connectivity index (χ2v) is 10.3. The zero-order valence-corrected chi connectivity index (χ0v) is 22.5. The highest BCUT2D eigenvalue weighted by Gasteiger charge is 2.49. The number of piperazine rings is 1. The van der Waals surface area contributed by atoms with Crippen molar-refractivity contribution in [2.45, 2.75) is 18.4 Å². The second-order valence-electron chi connectivity index (χ2n) is 10.3. The molecule has 0 atom stereocenters. The Balaban J connectivity index is 1.20. The molecule has 2 saturated heterocycles. The number of carbonyl (C=O) groups is 1. The number of methoxy groups -OCH3 is 2. The summed E-state index contributed by atoms with van der Waals surface area (Å²) in [6, 6.07) is 18.2. The van der Waals surface area contributed by atoms with E-state index >= 15 is 0 Å². The molecule has 0 aromatic heterocycles. The van der Waals surface area contributed by atoms with Crippen molar-refractivity contribution in [3.63, 3.8) is 0 Å². The summed E-state index contributed by atoms with van der Waals surface area (Å²) in [5.74, 6) is 0.873. The SMILES string of the molecule is COc1cc(CN2CCN(CCN3CCC(c4ccc(F)cc4)(c4ccc(F)cc4)C3=O)CC2)cc(OC)c1. The minimum Gasteiger partial charge on any atom is -0.497 e. The average Bonchev–Trinajstić information content (AvgIpc) is 3.29. The van der Waals surface area contributed by atoms with Crippen LogP contribution >= 0.6 is 0 Å². The lowest BCUT2D eigenvalue weighted by atomic mass is 9.73. The van der Waals surface area contributed by atoms with Gasteiger partial charge in [-0.2, -0.15) is 0 Å². The van der Waals surface area contributed by atoms with Crippen LogP contribution in [0.15, 0.2) is 66.7 Å². The van der Waals surface area contributed by atoms with Gasteiger partial charge in [0.2, 0.25) is 5.91 Å². The summed E-state index contributed by atoms with van der Waals surface area (Å²) in [5.41, 5.74) is 1.70. The van der Waals surface area contributed by atoms with Gasteiger partial charge in [0.15, 0.2) is 0 Å². The zero-order chi connectivity index (χ0) is 27.4. The van der Waals surface area contributed by atoms with Crippen LogP contribution in [0.1, 0.15) is 23.1 Å². The first kappa shape index (κ1) is 27.1. The summed E-state index contributed by atoms with van der Waals surface area (Å²) in [6.45, 7) is 6.54. The Labute approximate surface area is 228 Å². The molecule has 6 nitrogen and oxygen atoms in total. The van der Waals surface area contributed by atoms with E-state index in [1.165, 1.54) is 24.3 Å². The molecule has 0 bridgehead atoms. The highest BCUT2D eigenvalue weighted by Crippen LogP contribution is 2.42. The van der Waals surface area contributed by atoms with Gasteiger partial charge in [0, 0.05) is 58.4 Å². The molecule has 8 heteroatoms. The van der Waals surface area contributed by atoms with Crippen LogP contribution in [-0.2, 0) is 16.8 Å². The summed E-state index contributed by atoms with van der Waals surface area (Å²) in [6.07, 6.45) is 0.570. The van der Waals surface area contributed by atoms with Gasteiger partial charge < -0.3 is 14.4 Å². The van der Waals surface area contributed by atoms with E-state index in [1.54, 1.807) is 38.5 Å². The molecule has 0 aliphatic carbocycles. The van der Waals surface area contributed by atoms with E-state index in [2.05, 4.69) is 9.80 Å². The molecule has 2 aliphatic rings. The van der Waals surface area contributed by atoms with Gasteiger partial charge in [-0.05, 0) is 59.5 Å². The van der Waals surface area contributed by atoms with Crippen LogP contribution in [-0.4, -0.2) is 80.6 Å². The highest BCUT2D eigenvalue weighted by molar-refractivity contribution is 5.94. The molecular formula is C31H35F2N3O3. The normalized spacial score (nSPS) is 17.9. The van der Waals surface area contributed by atoms with E-state index in [0.717, 1.165) is 67.5 Å². The van der Waals surface area contributed by atoms with Crippen LogP contribution in [0.4, 0.5) is 8.78 Å². The predicted molar refractivity (Wildman–Crippen MR) is 146 cm³/mol. The number of likely N-dealkylation sites (tertiary alicyclic amines) is 1. The molecule has 0 N–H and O–H groups in total. The van der Waals surface area contributed by atoms with Crippen molar-refractivity contribution in [3.05, 3.63) is 95.1 Å². The zero-order valence-electron chi connectivity index (χ0n) is 22.5. The van der Waals surface area contributed by atoms with Gasteiger partial charge in [-0.25, -0.2) is 8.78 Å². The minimum absolute atomic E-state index is 0.00803. The molecule has 206 valence electrons. The van der Waals surface area contributed by atoms with Crippen LogP contribution < -0.4 is 9.47 Å². The van der Waals surface area contributed by atoms with E-state index in [-0.39, 0.29) is 17.5 Å². The monoisotopic (exact) mass is 535 g/mol. The lowest BCUT2D eigenvalue weighted by Gasteiger charge is -2.36. The second kappa shape index (κ2) is 11.7. The summed E-state index contributed by atoms with van der Waals surface area (Å²) in [7, 11) is 3.32. The van der Waals surface area contributed by atoms with Crippen molar-refractivity contribution >= 4 is 5.91 Å². The van der Waals surface area contributed by atoms with Crippen LogP contribution in [0.5, 0.6) is 11.5 Å². The van der Waals surface area contributed by atoms with E-state index in [1.807, 2.05) is 23.1 Å². The first-order chi connectivity index (χ1) is 18.9. The first-order valence-corrected chi connectivity index (χ1v) is 13.4. The van der Waals surface area contributed by atoms with Crippen LogP contribution in [0, 0.1) is 11.6 Å². The number of benzene rings is 3. The number of carbonyl (C=O) groups excluding carboxylic acids is 1. The number of hydrogen-bond acceptors (Lipinski definition) is 5. The third-order valence-electron chi connectivity index (χ3n) is 8.05. The van der Waals surface area contributed by atoms with Crippen molar-refractivity contribution < 1.29 is 23.0 Å². The fourth-order valence-corrected chi connectivity index (χ4v) is 5.81. The maximum Gasteiger partial charge on any atom is 0.237 e. The molecule has 0 saturated carbocycles. The highest BCUT2D eigenvalue weighted by atomic mass is 19.1. The smallest absolute Gasteiger partial charge is 0.237 e. The summed E-state index contributed by atoms with van der Waals surface area (Å²) < 4.78 is 38.2. The molecule has 39 heavy (non-hydrogen) atoms. The first-order valence-electron chi connectivity index (χ1n) is 13.4. The quantitative estimate of drug-likeness (QED) is 0.409. The lowest BCUT2D eigenvalue weighted by Crippen LogP contribution is -2.48. The molecule has 2 aliphatic heterocycles. The van der Waals surface area contributed by atoms with Crippen LogP contribution in [0.25, 0.3) is 0 Å². The standard InChI is InChI=1S/C31H35F2N3O3/c1-38-28-19-23(20-29(21-28)39-2)22-35-15-13-34(14-16-35)17-18-36-12-11-31(30(36)37,24-3-7-26(32)8-4-24)25-5-9-27(33)10-6-25/h3-10,19-21H,11-18,22H2,1-2H3. The van der Waals surface area contributed by atoms with E-state index < -0.39 is 5.41 Å². The Bertz CT molecular complexity index is 1210. The summed E-state index contributed by atoms with van der Waals surface area (Å²) in [5, 5.41) is 0. The third kappa shape index (κ3) is 5.77. The number of amides is 1. The average molecular weight is 536 g/mol. The molecule has 1 amide bonds. The maximum absolute atomic E-state index is 13.9. The van der Waals surface area contributed by atoms with Gasteiger partial charge in [0.05, 0.1) is 14.2 Å². The number of hydrogen-bond donors (Lipinski definition) is 0. The fraction of sp³-hybridized carbons (Fsp3) is 0.387. The Hall–Kier alpha value is -3.49. The number of rotatable bonds is 9. The summed E-state index contributed by atoms with van der Waals surface area (Å²) >= 11 is 0. The van der Waals surface area contributed by atoms with Gasteiger partial charge in [-0.3, -0.25) is 14.6 Å². The molecule has 0 unspecified atom stereocenters. The molecule has 3 aromatic rings. The molecule has 0 spiro atoms. The lowest BCUT2D eigenvalue weighted by molar-refractivity contribution is -0.131. The molecule has 2 fully saturated rings. The molecule has 0 radical (unpaired) electrons. The fourth-order valence-electron chi connectivity index (χ4n) is 5.81. The third-order valence-corrected chi connectivity index (χ3v) is 8.05. The minimum atomic E-state index is -0.933. The van der Waals surface area contributed by atoms with Gasteiger partial charge in [-0.15, -0.1) is 0 Å². The molecular weight excluding hydrogens is 500 g/mol. The van der Waals surface area contributed by atoms with Crippen LogP contribution in [0.3, 0.4) is 0 Å². The summed E-state index contributed by atoms with van der Waals surface area (Å²) in [4.78, 5) is 20.6. The van der Waals surface area contributed by atoms with E-state index in [0.29, 0.717) is 19.5 Å². The maximum atomic E-state index is 13.9. The van der Waals surface area contributed by atoms with Crippen LogP contribution in [0.2, 0.25) is 0 Å². The molecule has 2 heterocycles. The van der Waals surface area contributed by atoms with Gasteiger partial charge in [0.25, 0.3) is 0 Å². The number of ether oxygens (including phenoxy) is 2. The van der Waals surface area contributed by atoms with Crippen molar-refractivity contribution in [1.29, 1.82) is 0 Å². The molecule has 3 aromatic carbocycles. The Kier molecular flexibility index (Phi) is 8.14. The van der Waals surface area contributed by atoms with Gasteiger partial charge in [0.1, 0.15) is 28.5 Å². The van der Waals surface area contributed by atoms with Gasteiger partial charge >= 0.3 is 0 Å². The van der Waals surface area contributed by atoms with Crippen molar-refractivity contribution in [3.8, 4) is 11.5 Å². The Morgan fingerprint density at radius 3 is 1.74 bits per heavy atom.